The number of β-lactam (4-membered cyclic amide) rings is 1. The first-order chi connectivity index (χ1) is 21.3. The van der Waals surface area contributed by atoms with Gasteiger partial charge in [0.15, 0.2) is 11.4 Å². The molecule has 3 atom stereocenters. The van der Waals surface area contributed by atoms with E-state index in [-0.39, 0.29) is 18.1 Å². The Morgan fingerprint density at radius 1 is 1.13 bits per heavy atom. The van der Waals surface area contributed by atoms with E-state index in [1.165, 1.54) is 34.5 Å². The van der Waals surface area contributed by atoms with Crippen molar-refractivity contribution < 1.29 is 39.1 Å². The van der Waals surface area contributed by atoms with Gasteiger partial charge in [-0.2, -0.15) is 0 Å². The van der Waals surface area contributed by atoms with Crippen molar-refractivity contribution in [2.45, 2.75) is 67.1 Å². The molecule has 11 nitrogen and oxygen atoms in total. The lowest BCUT2D eigenvalue weighted by Crippen LogP contribution is -2.70. The van der Waals surface area contributed by atoms with Crippen LogP contribution in [0.15, 0.2) is 45.3 Å². The number of amides is 2. The number of carboxylic acid groups (broad SMARTS) is 2. The second kappa shape index (κ2) is 15.4. The van der Waals surface area contributed by atoms with Crippen LogP contribution in [0.25, 0.3) is 0 Å². The van der Waals surface area contributed by atoms with Crippen LogP contribution in [0.2, 0.25) is 10.0 Å². The molecule has 0 spiro atoms. The van der Waals surface area contributed by atoms with Crippen molar-refractivity contribution in [2.75, 3.05) is 17.3 Å². The number of carbonyl (C=O) groups is 4. The van der Waals surface area contributed by atoms with E-state index in [9.17, 15) is 29.4 Å². The molecule has 16 heteroatoms. The summed E-state index contributed by atoms with van der Waals surface area (Å²) in [6.45, 7) is 4.28. The first-order valence-electron chi connectivity index (χ1n) is 13.9. The number of hydrogen-bond acceptors (Lipinski definition) is 9. The minimum Gasteiger partial charge on any atom is -0.480 e. The van der Waals surface area contributed by atoms with Crippen LogP contribution in [0.3, 0.4) is 0 Å². The summed E-state index contributed by atoms with van der Waals surface area (Å²) >= 11 is 16.4. The number of aliphatic hydroxyl groups excluding tert-OH is 1. The molecule has 2 aliphatic heterocycles. The van der Waals surface area contributed by atoms with E-state index < -0.39 is 41.2 Å². The molecular weight excluding hydrogens is 683 g/mol. The lowest BCUT2D eigenvalue weighted by atomic mass is 10.0. The van der Waals surface area contributed by atoms with Crippen molar-refractivity contribution in [1.29, 1.82) is 0 Å². The van der Waals surface area contributed by atoms with Gasteiger partial charge in [-0.05, 0) is 29.7 Å². The van der Waals surface area contributed by atoms with Gasteiger partial charge in [-0.3, -0.25) is 19.3 Å². The van der Waals surface area contributed by atoms with E-state index in [2.05, 4.69) is 9.88 Å². The molecule has 45 heavy (non-hydrogen) atoms. The zero-order chi connectivity index (χ0) is 33.0. The molecule has 0 radical (unpaired) electrons. The van der Waals surface area contributed by atoms with Gasteiger partial charge in [0, 0.05) is 58.7 Å². The Labute approximate surface area is 282 Å². The largest absolute Gasteiger partial charge is 0.480 e. The summed E-state index contributed by atoms with van der Waals surface area (Å²) in [5.41, 5.74) is 8.62. The molecule has 0 aliphatic carbocycles. The van der Waals surface area contributed by atoms with E-state index in [1.54, 1.807) is 6.07 Å². The summed E-state index contributed by atoms with van der Waals surface area (Å²) in [7, 11) is 0. The van der Waals surface area contributed by atoms with Gasteiger partial charge in [-0.25, -0.2) is 9.36 Å². The summed E-state index contributed by atoms with van der Waals surface area (Å²) in [5.74, 6) is -2.37. The van der Waals surface area contributed by atoms with Crippen LogP contribution in [0, 0.1) is 13.8 Å². The Kier molecular flexibility index (Phi) is 12.1. The smallest absolute Gasteiger partial charge is 0.352 e. The third-order valence-electron chi connectivity index (χ3n) is 7.38. The van der Waals surface area contributed by atoms with E-state index in [0.717, 1.165) is 28.0 Å². The average Bonchev–Trinajstić information content (AvgIpc) is 2.99. The zero-order valence-electron chi connectivity index (χ0n) is 24.4. The van der Waals surface area contributed by atoms with Crippen molar-refractivity contribution in [2.24, 2.45) is 5.73 Å². The highest BCUT2D eigenvalue weighted by molar-refractivity contribution is 8.01. The molecule has 3 heterocycles. The number of aliphatic hydroxyl groups is 1. The molecule has 0 bridgehead atoms. The number of aliphatic carboxylic acids is 2. The van der Waals surface area contributed by atoms with Gasteiger partial charge in [0.2, 0.25) is 5.91 Å². The Morgan fingerprint density at radius 2 is 1.82 bits per heavy atom. The molecule has 0 unspecified atom stereocenters. The molecule has 242 valence electrons. The van der Waals surface area contributed by atoms with Crippen molar-refractivity contribution in [3.8, 4) is 0 Å². The lowest BCUT2D eigenvalue weighted by molar-refractivity contribution is -0.709. The maximum Gasteiger partial charge on any atom is 0.352 e. The van der Waals surface area contributed by atoms with Crippen molar-refractivity contribution in [1.82, 2.24) is 10.2 Å². The maximum atomic E-state index is 13.1. The van der Waals surface area contributed by atoms with Gasteiger partial charge >= 0.3 is 11.9 Å². The Balaban J connectivity index is 1.36. The van der Waals surface area contributed by atoms with Crippen molar-refractivity contribution >= 4 is 82.2 Å². The number of carbonyl (C=O) groups excluding carboxylic acids is 2. The lowest BCUT2D eigenvalue weighted by Gasteiger charge is -2.49. The highest BCUT2D eigenvalue weighted by Crippen LogP contribution is 2.42. The van der Waals surface area contributed by atoms with Crippen molar-refractivity contribution in [3.05, 3.63) is 62.5 Å². The van der Waals surface area contributed by atoms with E-state index >= 15 is 0 Å². The number of aryl methyl sites for hydroxylation is 2. The summed E-state index contributed by atoms with van der Waals surface area (Å²) < 4.78 is 2.09. The molecule has 1 saturated heterocycles. The summed E-state index contributed by atoms with van der Waals surface area (Å²) in [4.78, 5) is 51.8. The summed E-state index contributed by atoms with van der Waals surface area (Å²) in [6.07, 6.45) is 0.984. The van der Waals surface area contributed by atoms with E-state index in [0.29, 0.717) is 57.0 Å². The van der Waals surface area contributed by atoms with Gasteiger partial charge < -0.3 is 26.4 Å². The predicted molar refractivity (Wildman–Crippen MR) is 174 cm³/mol. The summed E-state index contributed by atoms with van der Waals surface area (Å²) in [6, 6.07) is 5.36. The number of carboxylic acids is 2. The molecule has 0 saturated carbocycles. The molecule has 1 aromatic heterocycles. The van der Waals surface area contributed by atoms with Gasteiger partial charge in [0.25, 0.3) is 5.91 Å². The van der Waals surface area contributed by atoms with Crippen LogP contribution in [0.5, 0.6) is 0 Å². The van der Waals surface area contributed by atoms with E-state index in [4.69, 9.17) is 34.0 Å². The number of rotatable bonds is 14. The highest BCUT2D eigenvalue weighted by Gasteiger charge is 2.54. The standard InChI is InChI=1S/C29H32Cl2N4O7S3/c1-14-6-18(7-15(2)34(14)5-3-4-21(32)28(39)40)43-11-17-12-45-27-24(26(38)35(27)25(17)29(41)42)33-23(37)13-44-22-9-19(30)16(10-36)8-20(22)31/h6-9,21,24,27,36H,3-5,10-13,32H2,1-2H3,(H2-,33,37,39,40,41,42)/p+1/t21-,24+,27+/m0/s1. The minimum atomic E-state index is -1.19. The highest BCUT2D eigenvalue weighted by atomic mass is 35.5. The number of fused-ring (bicyclic) bond motifs is 1. The normalized spacial score (nSPS) is 18.4. The van der Waals surface area contributed by atoms with Crippen LogP contribution < -0.4 is 15.6 Å². The molecular formula is C29H33Cl2N4O7S3+. The van der Waals surface area contributed by atoms with Crippen LogP contribution in [0.4, 0.5) is 0 Å². The Bertz CT molecular complexity index is 1530. The second-order valence-corrected chi connectivity index (χ2v) is 14.5. The molecule has 2 aromatic rings. The third-order valence-corrected chi connectivity index (χ3v) is 11.6. The number of nitrogens with two attached hydrogens (primary N) is 1. The average molecular weight is 717 g/mol. The van der Waals surface area contributed by atoms with Crippen LogP contribution in [-0.2, 0) is 32.3 Å². The van der Waals surface area contributed by atoms with Gasteiger partial charge in [-0.1, -0.05) is 23.2 Å². The SMILES string of the molecule is Cc1cc(SCC2=C(C(=O)O)N3C(=O)[C@@H](NC(=O)CSc4cc(Cl)c(CO)cc4Cl)[C@H]3SC2)cc(C)[n+]1CCC[C@H](N)C(=O)O. The van der Waals surface area contributed by atoms with Gasteiger partial charge in [0.05, 0.1) is 17.4 Å². The molecule has 1 aromatic carbocycles. The topological polar surface area (TPSA) is 174 Å². The fraction of sp³-hybridized carbons (Fsp3) is 0.414. The number of thioether (sulfide) groups is 3. The molecule has 1 fully saturated rings. The number of benzene rings is 1. The number of halogens is 2. The molecule has 6 N–H and O–H groups in total. The first kappa shape index (κ1) is 35.4. The Hall–Kier alpha value is -2.46. The fourth-order valence-corrected chi connectivity index (χ4v) is 9.01. The molecule has 2 aliphatic rings. The maximum absolute atomic E-state index is 13.1. The second-order valence-electron chi connectivity index (χ2n) is 10.5. The third kappa shape index (κ3) is 8.28. The van der Waals surface area contributed by atoms with Gasteiger partial charge in [-0.15, -0.1) is 35.3 Å². The molecule has 4 rings (SSSR count). The quantitative estimate of drug-likeness (QED) is 0.110. The predicted octanol–water partition coefficient (Wildman–Crippen LogP) is 3.21. The van der Waals surface area contributed by atoms with Crippen LogP contribution in [-0.4, -0.2) is 78.7 Å². The monoisotopic (exact) mass is 715 g/mol. The van der Waals surface area contributed by atoms with Crippen LogP contribution >= 0.6 is 58.5 Å². The van der Waals surface area contributed by atoms with E-state index in [1.807, 2.05) is 26.0 Å². The number of nitrogens with zero attached hydrogens (tertiary/aromatic N) is 2. The number of nitrogens with one attached hydrogen (secondary N) is 1. The van der Waals surface area contributed by atoms with Gasteiger partial charge in [0.1, 0.15) is 29.7 Å². The minimum absolute atomic E-state index is 0.0367. The number of pyridine rings is 1. The summed E-state index contributed by atoms with van der Waals surface area (Å²) in [5, 5.41) is 31.2. The Morgan fingerprint density at radius 3 is 2.44 bits per heavy atom. The fourth-order valence-electron chi connectivity index (χ4n) is 5.04. The molecule has 2 amide bonds. The van der Waals surface area contributed by atoms with Crippen LogP contribution in [0.1, 0.15) is 29.8 Å². The number of aromatic nitrogens is 1. The zero-order valence-corrected chi connectivity index (χ0v) is 28.4. The number of hydrogen-bond donors (Lipinski definition) is 5. The first-order valence-corrected chi connectivity index (χ1v) is 17.6. The van der Waals surface area contributed by atoms with Crippen molar-refractivity contribution in [3.63, 3.8) is 0 Å².